The van der Waals surface area contributed by atoms with Crippen LogP contribution in [-0.4, -0.2) is 27.5 Å². The first kappa shape index (κ1) is 19.6. The molecule has 0 unspecified atom stereocenters. The fourth-order valence-corrected chi connectivity index (χ4v) is 2.88. The summed E-state index contributed by atoms with van der Waals surface area (Å²) < 4.78 is 5.59. The van der Waals surface area contributed by atoms with E-state index < -0.39 is 5.91 Å². The molecular formula is C20H20ClN5O2. The van der Waals surface area contributed by atoms with Crippen molar-refractivity contribution in [2.24, 2.45) is 5.73 Å². The van der Waals surface area contributed by atoms with Crippen LogP contribution in [0.1, 0.15) is 28.0 Å². The molecule has 0 aliphatic rings. The number of nitrogens with zero attached hydrogens (tertiary/aromatic N) is 3. The number of hydrogen-bond acceptors (Lipinski definition) is 6. The number of amides is 1. The summed E-state index contributed by atoms with van der Waals surface area (Å²) in [6.45, 7) is 2.39. The number of aryl methyl sites for hydroxylation is 1. The number of carbonyl (C=O) groups excluding carboxylic acids is 1. The molecule has 2 heterocycles. The maximum atomic E-state index is 11.0. The Balaban J connectivity index is 1.62. The quantitative estimate of drug-likeness (QED) is 0.591. The number of pyridine rings is 1. The number of benzene rings is 1. The van der Waals surface area contributed by atoms with Gasteiger partial charge in [0.2, 0.25) is 17.7 Å². The van der Waals surface area contributed by atoms with Gasteiger partial charge in [0.15, 0.2) is 0 Å². The van der Waals surface area contributed by atoms with E-state index in [0.29, 0.717) is 35.9 Å². The van der Waals surface area contributed by atoms with Gasteiger partial charge in [-0.3, -0.25) is 4.79 Å². The lowest BCUT2D eigenvalue weighted by molar-refractivity contribution is 0.1000. The first-order chi connectivity index (χ1) is 13.4. The third-order valence-electron chi connectivity index (χ3n) is 4.19. The number of nitrogen functional groups attached to an aromatic ring is 1. The number of rotatable bonds is 7. The van der Waals surface area contributed by atoms with E-state index in [1.807, 2.05) is 31.2 Å². The molecule has 7 nitrogen and oxygen atoms in total. The minimum atomic E-state index is -0.522. The minimum Gasteiger partial charge on any atom is -0.478 e. The molecule has 3 aromatic rings. The lowest BCUT2D eigenvalue weighted by Crippen LogP contribution is -2.11. The van der Waals surface area contributed by atoms with Gasteiger partial charge in [-0.25, -0.2) is 15.0 Å². The van der Waals surface area contributed by atoms with E-state index in [4.69, 9.17) is 27.8 Å². The second-order valence-electron chi connectivity index (χ2n) is 6.22. The molecular weight excluding hydrogens is 378 g/mol. The number of hydrogen-bond donors (Lipinski definition) is 2. The van der Waals surface area contributed by atoms with Crippen molar-refractivity contribution in [2.45, 2.75) is 19.8 Å². The smallest absolute Gasteiger partial charge is 0.250 e. The molecule has 1 amide bonds. The van der Waals surface area contributed by atoms with Gasteiger partial charge >= 0.3 is 0 Å². The second kappa shape index (κ2) is 8.67. The van der Waals surface area contributed by atoms with Crippen LogP contribution in [0.4, 0.5) is 5.95 Å². The van der Waals surface area contributed by atoms with Gasteiger partial charge in [-0.1, -0.05) is 23.7 Å². The highest BCUT2D eigenvalue weighted by molar-refractivity contribution is 6.31. The fourth-order valence-electron chi connectivity index (χ4n) is 2.71. The average molecular weight is 398 g/mol. The molecule has 0 aliphatic heterocycles. The summed E-state index contributed by atoms with van der Waals surface area (Å²) in [7, 11) is 0. The fraction of sp³-hybridized carbons (Fsp3) is 0.200. The number of carbonyl (C=O) groups is 1. The first-order valence-corrected chi connectivity index (χ1v) is 9.09. The standard InChI is InChI=1S/C20H20ClN5O2/c1-12-15(5-2-6-16(12)21)17-10-14(25-20(23)26-17)4-3-9-28-18-8-7-13(11-24-18)19(22)27/h2,5-8,10-11H,3-4,9H2,1H3,(H2,22,27)(H2,23,25,26). The van der Waals surface area contributed by atoms with Gasteiger partial charge < -0.3 is 16.2 Å². The maximum absolute atomic E-state index is 11.0. The van der Waals surface area contributed by atoms with E-state index in [2.05, 4.69) is 15.0 Å². The van der Waals surface area contributed by atoms with Crippen LogP contribution in [0.5, 0.6) is 5.88 Å². The summed E-state index contributed by atoms with van der Waals surface area (Å²) in [5.41, 5.74) is 14.8. The molecule has 0 bridgehead atoms. The van der Waals surface area contributed by atoms with Gasteiger partial charge in [0.1, 0.15) is 0 Å². The molecule has 0 saturated carbocycles. The Bertz CT molecular complexity index is 992. The van der Waals surface area contributed by atoms with Gasteiger partial charge in [-0.05, 0) is 43.5 Å². The molecule has 28 heavy (non-hydrogen) atoms. The van der Waals surface area contributed by atoms with Gasteiger partial charge in [0, 0.05) is 28.5 Å². The van der Waals surface area contributed by atoms with E-state index in [9.17, 15) is 4.79 Å². The van der Waals surface area contributed by atoms with Crippen LogP contribution in [0.15, 0.2) is 42.6 Å². The van der Waals surface area contributed by atoms with Crippen molar-refractivity contribution in [2.75, 3.05) is 12.3 Å². The SMILES string of the molecule is Cc1c(Cl)cccc1-c1cc(CCCOc2ccc(C(N)=O)cn2)nc(N)n1. The Hall–Kier alpha value is -3.19. The predicted octanol–water partition coefficient (Wildman–Crippen LogP) is 3.19. The summed E-state index contributed by atoms with van der Waals surface area (Å²) in [6, 6.07) is 10.8. The Morgan fingerprint density at radius 1 is 1.21 bits per heavy atom. The molecule has 0 spiro atoms. The van der Waals surface area contributed by atoms with Gasteiger partial charge in [0.25, 0.3) is 0 Å². The first-order valence-electron chi connectivity index (χ1n) is 8.71. The van der Waals surface area contributed by atoms with Crippen molar-refractivity contribution in [1.82, 2.24) is 15.0 Å². The number of ether oxygens (including phenoxy) is 1. The van der Waals surface area contributed by atoms with Crippen LogP contribution >= 0.6 is 11.6 Å². The van der Waals surface area contributed by atoms with Crippen LogP contribution < -0.4 is 16.2 Å². The third kappa shape index (κ3) is 4.75. The van der Waals surface area contributed by atoms with E-state index in [1.54, 1.807) is 12.1 Å². The Morgan fingerprint density at radius 2 is 2.04 bits per heavy atom. The summed E-state index contributed by atoms with van der Waals surface area (Å²) in [5, 5.41) is 0.680. The van der Waals surface area contributed by atoms with Crippen LogP contribution in [0, 0.1) is 6.92 Å². The Morgan fingerprint density at radius 3 is 2.75 bits per heavy atom. The molecule has 0 fully saturated rings. The highest BCUT2D eigenvalue weighted by Gasteiger charge is 2.10. The summed E-state index contributed by atoms with van der Waals surface area (Å²) in [6.07, 6.45) is 2.77. The highest BCUT2D eigenvalue weighted by atomic mass is 35.5. The zero-order valence-electron chi connectivity index (χ0n) is 15.4. The lowest BCUT2D eigenvalue weighted by atomic mass is 10.0. The number of aromatic nitrogens is 3. The molecule has 2 aromatic heterocycles. The molecule has 3 rings (SSSR count). The summed E-state index contributed by atoms with van der Waals surface area (Å²) >= 11 is 6.21. The third-order valence-corrected chi connectivity index (χ3v) is 4.60. The lowest BCUT2D eigenvalue weighted by Gasteiger charge is -2.10. The van der Waals surface area contributed by atoms with Crippen molar-refractivity contribution in [3.8, 4) is 17.1 Å². The number of nitrogens with two attached hydrogens (primary N) is 2. The number of anilines is 1. The molecule has 0 radical (unpaired) electrons. The second-order valence-corrected chi connectivity index (χ2v) is 6.62. The molecule has 4 N–H and O–H groups in total. The van der Waals surface area contributed by atoms with Crippen LogP contribution in [0.3, 0.4) is 0 Å². The van der Waals surface area contributed by atoms with Crippen molar-refractivity contribution < 1.29 is 9.53 Å². The molecule has 1 aromatic carbocycles. The number of primary amides is 1. The van der Waals surface area contributed by atoms with E-state index in [-0.39, 0.29) is 5.95 Å². The van der Waals surface area contributed by atoms with E-state index in [0.717, 1.165) is 22.5 Å². The highest BCUT2D eigenvalue weighted by Crippen LogP contribution is 2.28. The number of halogens is 1. The minimum absolute atomic E-state index is 0.219. The normalized spacial score (nSPS) is 10.6. The van der Waals surface area contributed by atoms with Crippen LogP contribution in [-0.2, 0) is 6.42 Å². The van der Waals surface area contributed by atoms with Gasteiger partial charge in [0.05, 0.1) is 17.9 Å². The largest absolute Gasteiger partial charge is 0.478 e. The molecule has 0 atom stereocenters. The molecule has 0 aliphatic carbocycles. The summed E-state index contributed by atoms with van der Waals surface area (Å²) in [5.74, 6) is 0.130. The Kier molecular flexibility index (Phi) is 6.06. The predicted molar refractivity (Wildman–Crippen MR) is 108 cm³/mol. The zero-order valence-corrected chi connectivity index (χ0v) is 16.1. The average Bonchev–Trinajstić information content (AvgIpc) is 2.67. The molecule has 0 saturated heterocycles. The van der Waals surface area contributed by atoms with E-state index in [1.165, 1.54) is 6.20 Å². The topological polar surface area (TPSA) is 117 Å². The van der Waals surface area contributed by atoms with Crippen molar-refractivity contribution in [3.05, 3.63) is 64.4 Å². The van der Waals surface area contributed by atoms with Crippen LogP contribution in [0.25, 0.3) is 11.3 Å². The monoisotopic (exact) mass is 397 g/mol. The van der Waals surface area contributed by atoms with Crippen molar-refractivity contribution >= 4 is 23.5 Å². The zero-order chi connectivity index (χ0) is 20.1. The molecule has 144 valence electrons. The van der Waals surface area contributed by atoms with Crippen molar-refractivity contribution in [3.63, 3.8) is 0 Å². The van der Waals surface area contributed by atoms with Gasteiger partial charge in [-0.2, -0.15) is 0 Å². The van der Waals surface area contributed by atoms with Gasteiger partial charge in [-0.15, -0.1) is 0 Å². The molecule has 8 heteroatoms. The summed E-state index contributed by atoms with van der Waals surface area (Å²) in [4.78, 5) is 23.7. The van der Waals surface area contributed by atoms with Crippen molar-refractivity contribution in [1.29, 1.82) is 0 Å². The van der Waals surface area contributed by atoms with Crippen LogP contribution in [0.2, 0.25) is 5.02 Å². The Labute approximate surface area is 167 Å². The maximum Gasteiger partial charge on any atom is 0.250 e. The van der Waals surface area contributed by atoms with E-state index >= 15 is 0 Å².